The van der Waals surface area contributed by atoms with Crippen LogP contribution in [0.1, 0.15) is 34.8 Å². The Kier molecular flexibility index (Phi) is 5.38. The molecular weight excluding hydrogens is 264 g/mol. The first-order valence-electron chi connectivity index (χ1n) is 7.31. The molecular formula is C17H22N2O2. The Balaban J connectivity index is 2.08. The minimum absolute atomic E-state index is 0.0841. The molecule has 0 bridgehead atoms. The van der Waals surface area contributed by atoms with Gasteiger partial charge in [-0.3, -0.25) is 4.79 Å². The molecule has 1 amide bonds. The molecule has 0 aliphatic carbocycles. The number of aryl methyl sites for hydroxylation is 1. The number of hydrogen-bond acceptors (Lipinski definition) is 3. The van der Waals surface area contributed by atoms with Crippen LogP contribution in [0.3, 0.4) is 0 Å². The number of rotatable bonds is 3. The maximum Gasteiger partial charge on any atom is 0.252 e. The maximum atomic E-state index is 12.4. The summed E-state index contributed by atoms with van der Waals surface area (Å²) < 4.78 is 5.51. The molecule has 2 rings (SSSR count). The van der Waals surface area contributed by atoms with Gasteiger partial charge >= 0.3 is 0 Å². The van der Waals surface area contributed by atoms with E-state index in [1.807, 2.05) is 25.1 Å². The van der Waals surface area contributed by atoms with Gasteiger partial charge in [-0.25, -0.2) is 0 Å². The van der Waals surface area contributed by atoms with Gasteiger partial charge in [0.1, 0.15) is 0 Å². The fourth-order valence-electron chi connectivity index (χ4n) is 2.46. The van der Waals surface area contributed by atoms with Gasteiger partial charge < -0.3 is 15.8 Å². The van der Waals surface area contributed by atoms with Crippen molar-refractivity contribution in [2.75, 3.05) is 19.7 Å². The second-order valence-electron chi connectivity index (χ2n) is 5.39. The number of carbonyl (C=O) groups excluding carboxylic acids is 1. The minimum Gasteiger partial charge on any atom is -0.378 e. The summed E-state index contributed by atoms with van der Waals surface area (Å²) in [5.74, 6) is 6.06. The molecule has 112 valence electrons. The van der Waals surface area contributed by atoms with Crippen molar-refractivity contribution in [3.8, 4) is 11.8 Å². The van der Waals surface area contributed by atoms with Gasteiger partial charge in [0.25, 0.3) is 5.91 Å². The number of carbonyl (C=O) groups is 1. The van der Waals surface area contributed by atoms with Crippen molar-refractivity contribution in [3.05, 3.63) is 34.9 Å². The minimum atomic E-state index is -0.0841. The summed E-state index contributed by atoms with van der Waals surface area (Å²) in [6.07, 6.45) is 1.20. The van der Waals surface area contributed by atoms with Gasteiger partial charge in [-0.1, -0.05) is 23.5 Å². The first kappa shape index (κ1) is 15.6. The van der Waals surface area contributed by atoms with Crippen molar-refractivity contribution in [1.29, 1.82) is 0 Å². The van der Waals surface area contributed by atoms with E-state index in [0.29, 0.717) is 18.0 Å². The van der Waals surface area contributed by atoms with Crippen LogP contribution in [0.25, 0.3) is 0 Å². The van der Waals surface area contributed by atoms with Crippen LogP contribution in [0, 0.1) is 24.7 Å². The summed E-state index contributed by atoms with van der Waals surface area (Å²) in [5.41, 5.74) is 7.77. The number of amides is 1. The molecule has 21 heavy (non-hydrogen) atoms. The highest BCUT2D eigenvalue weighted by Gasteiger charge is 2.24. The molecule has 1 aliphatic rings. The predicted octanol–water partition coefficient (Wildman–Crippen LogP) is 1.46. The van der Waals surface area contributed by atoms with Crippen molar-refractivity contribution in [3.63, 3.8) is 0 Å². The molecule has 2 atom stereocenters. The van der Waals surface area contributed by atoms with Crippen molar-refractivity contribution < 1.29 is 9.53 Å². The molecule has 0 aromatic heterocycles. The van der Waals surface area contributed by atoms with Gasteiger partial charge in [0.2, 0.25) is 0 Å². The molecule has 0 spiro atoms. The number of hydrogen-bond donors (Lipinski definition) is 2. The zero-order chi connectivity index (χ0) is 15.2. The maximum absolute atomic E-state index is 12.4. The van der Waals surface area contributed by atoms with Gasteiger partial charge in [0, 0.05) is 24.6 Å². The molecule has 1 fully saturated rings. The zero-order valence-electron chi connectivity index (χ0n) is 12.6. The van der Waals surface area contributed by atoms with Crippen molar-refractivity contribution in [2.45, 2.75) is 26.4 Å². The van der Waals surface area contributed by atoms with Crippen LogP contribution < -0.4 is 11.1 Å². The third kappa shape index (κ3) is 4.07. The Morgan fingerprint density at radius 1 is 1.52 bits per heavy atom. The average molecular weight is 286 g/mol. The molecule has 0 saturated carbocycles. The normalized spacial score (nSPS) is 20.7. The molecule has 1 saturated heterocycles. The van der Waals surface area contributed by atoms with Crippen LogP contribution in [-0.2, 0) is 4.74 Å². The van der Waals surface area contributed by atoms with E-state index in [1.54, 1.807) is 0 Å². The first-order valence-corrected chi connectivity index (χ1v) is 7.31. The molecule has 0 radical (unpaired) electrons. The van der Waals surface area contributed by atoms with E-state index in [-0.39, 0.29) is 18.6 Å². The van der Waals surface area contributed by atoms with E-state index in [1.165, 1.54) is 0 Å². The third-order valence-corrected chi connectivity index (χ3v) is 3.80. The largest absolute Gasteiger partial charge is 0.378 e. The molecule has 1 aromatic carbocycles. The summed E-state index contributed by atoms with van der Waals surface area (Å²) >= 11 is 0. The lowest BCUT2D eigenvalue weighted by atomic mass is 10.0. The first-order chi connectivity index (χ1) is 10.1. The van der Waals surface area contributed by atoms with E-state index in [9.17, 15) is 4.79 Å². The monoisotopic (exact) mass is 286 g/mol. The molecule has 4 heteroatoms. The Morgan fingerprint density at radius 2 is 2.33 bits per heavy atom. The Bertz CT molecular complexity index is 572. The lowest BCUT2D eigenvalue weighted by Crippen LogP contribution is -2.32. The van der Waals surface area contributed by atoms with E-state index < -0.39 is 0 Å². The van der Waals surface area contributed by atoms with Gasteiger partial charge in [-0.2, -0.15) is 0 Å². The van der Waals surface area contributed by atoms with Gasteiger partial charge in [0.05, 0.1) is 18.2 Å². The molecule has 2 unspecified atom stereocenters. The van der Waals surface area contributed by atoms with Crippen molar-refractivity contribution in [2.24, 2.45) is 11.7 Å². The average Bonchev–Trinajstić information content (AvgIpc) is 2.88. The highest BCUT2D eigenvalue weighted by Crippen LogP contribution is 2.19. The molecule has 1 aromatic rings. The van der Waals surface area contributed by atoms with E-state index in [2.05, 4.69) is 24.1 Å². The topological polar surface area (TPSA) is 64.4 Å². The molecule has 3 N–H and O–H groups in total. The van der Waals surface area contributed by atoms with Crippen LogP contribution in [0.5, 0.6) is 0 Å². The van der Waals surface area contributed by atoms with Crippen molar-refractivity contribution in [1.82, 2.24) is 5.32 Å². The lowest BCUT2D eigenvalue weighted by Gasteiger charge is -2.15. The SMILES string of the molecule is Cc1ccc(C#CCN)c(C(=O)NCC2CCOC2C)c1. The molecule has 1 aliphatic heterocycles. The Labute approximate surface area is 126 Å². The van der Waals surface area contributed by atoms with Crippen LogP contribution in [-0.4, -0.2) is 31.7 Å². The smallest absolute Gasteiger partial charge is 0.252 e. The number of benzene rings is 1. The standard InChI is InChI=1S/C17H22N2O2/c1-12-5-6-14(4-3-8-18)16(10-12)17(20)19-11-15-7-9-21-13(15)2/h5-6,10,13,15H,7-9,11,18H2,1-2H3,(H,19,20). The highest BCUT2D eigenvalue weighted by atomic mass is 16.5. The molecule has 4 nitrogen and oxygen atoms in total. The van der Waals surface area contributed by atoms with E-state index >= 15 is 0 Å². The summed E-state index contributed by atoms with van der Waals surface area (Å²) in [6, 6.07) is 5.68. The summed E-state index contributed by atoms with van der Waals surface area (Å²) in [6.45, 7) is 5.71. The third-order valence-electron chi connectivity index (χ3n) is 3.80. The van der Waals surface area contributed by atoms with E-state index in [0.717, 1.165) is 24.2 Å². The lowest BCUT2D eigenvalue weighted by molar-refractivity contribution is 0.0907. The summed E-state index contributed by atoms with van der Waals surface area (Å²) in [5, 5.41) is 3.00. The predicted molar refractivity (Wildman–Crippen MR) is 83.0 cm³/mol. The van der Waals surface area contributed by atoms with Crippen LogP contribution in [0.15, 0.2) is 18.2 Å². The Morgan fingerprint density at radius 3 is 3.00 bits per heavy atom. The van der Waals surface area contributed by atoms with Crippen LogP contribution in [0.4, 0.5) is 0 Å². The van der Waals surface area contributed by atoms with Crippen LogP contribution >= 0.6 is 0 Å². The van der Waals surface area contributed by atoms with Gasteiger partial charge in [0.15, 0.2) is 0 Å². The molecule has 1 heterocycles. The highest BCUT2D eigenvalue weighted by molar-refractivity contribution is 5.97. The van der Waals surface area contributed by atoms with Gasteiger partial charge in [-0.05, 0) is 32.4 Å². The zero-order valence-corrected chi connectivity index (χ0v) is 12.6. The van der Waals surface area contributed by atoms with Crippen LogP contribution in [0.2, 0.25) is 0 Å². The second-order valence-corrected chi connectivity index (χ2v) is 5.39. The quantitative estimate of drug-likeness (QED) is 0.827. The summed E-state index contributed by atoms with van der Waals surface area (Å²) in [4.78, 5) is 12.4. The Hall–Kier alpha value is -1.83. The van der Waals surface area contributed by atoms with Crippen molar-refractivity contribution >= 4 is 5.91 Å². The fraction of sp³-hybridized carbons (Fsp3) is 0.471. The second kappa shape index (κ2) is 7.26. The van der Waals surface area contributed by atoms with E-state index in [4.69, 9.17) is 10.5 Å². The number of nitrogens with one attached hydrogen (secondary N) is 1. The van der Waals surface area contributed by atoms with Gasteiger partial charge in [-0.15, -0.1) is 0 Å². The fourth-order valence-corrected chi connectivity index (χ4v) is 2.46. The summed E-state index contributed by atoms with van der Waals surface area (Å²) in [7, 11) is 0. The number of ether oxygens (including phenoxy) is 1. The number of nitrogens with two attached hydrogens (primary N) is 1.